The zero-order valence-electron chi connectivity index (χ0n) is 13.3. The van der Waals surface area contributed by atoms with Crippen molar-refractivity contribution in [3.63, 3.8) is 0 Å². The summed E-state index contributed by atoms with van der Waals surface area (Å²) >= 11 is 0. The second-order valence-electron chi connectivity index (χ2n) is 6.14. The Bertz CT molecular complexity index is 422. The first kappa shape index (κ1) is 15.5. The van der Waals surface area contributed by atoms with Gasteiger partial charge < -0.3 is 10.1 Å². The fourth-order valence-electron chi connectivity index (χ4n) is 2.81. The molecule has 0 aromatic carbocycles. The molecule has 2 heterocycles. The van der Waals surface area contributed by atoms with Gasteiger partial charge in [0, 0.05) is 50.5 Å². The zero-order valence-corrected chi connectivity index (χ0v) is 13.3. The van der Waals surface area contributed by atoms with Crippen LogP contribution in [0.5, 0.6) is 0 Å². The van der Waals surface area contributed by atoms with Crippen LogP contribution < -0.4 is 5.32 Å². The van der Waals surface area contributed by atoms with Crippen LogP contribution in [0.25, 0.3) is 0 Å². The van der Waals surface area contributed by atoms with Gasteiger partial charge in [-0.1, -0.05) is 6.92 Å². The van der Waals surface area contributed by atoms with E-state index in [2.05, 4.69) is 42.3 Å². The van der Waals surface area contributed by atoms with Crippen molar-refractivity contribution >= 4 is 0 Å². The van der Waals surface area contributed by atoms with Crippen LogP contribution in [0.2, 0.25) is 0 Å². The summed E-state index contributed by atoms with van der Waals surface area (Å²) in [4.78, 5) is 2.51. The van der Waals surface area contributed by atoms with Gasteiger partial charge in [0.1, 0.15) is 0 Å². The molecule has 0 atom stereocenters. The highest BCUT2D eigenvalue weighted by molar-refractivity contribution is 5.16. The molecule has 1 aromatic rings. The molecular weight excluding hydrogens is 252 g/mol. The van der Waals surface area contributed by atoms with Gasteiger partial charge in [-0.2, -0.15) is 5.10 Å². The van der Waals surface area contributed by atoms with Crippen LogP contribution in [0.4, 0.5) is 0 Å². The van der Waals surface area contributed by atoms with Crippen LogP contribution in [0.1, 0.15) is 32.0 Å². The summed E-state index contributed by atoms with van der Waals surface area (Å²) in [6, 6.07) is 0. The molecule has 0 saturated carbocycles. The van der Waals surface area contributed by atoms with Crippen LogP contribution in [0.15, 0.2) is 6.20 Å². The first-order valence-electron chi connectivity index (χ1n) is 7.58. The standard InChI is InChI=1S/C15H28N4O/c1-5-14-13(11-18(4)17-14)10-16-12-15(2,3)19-6-8-20-9-7-19/h11,16H,5-10,12H2,1-4H3. The van der Waals surface area contributed by atoms with Crippen molar-refractivity contribution < 1.29 is 4.74 Å². The Morgan fingerprint density at radius 2 is 2.05 bits per heavy atom. The second kappa shape index (κ2) is 6.70. The Labute approximate surface area is 122 Å². The minimum atomic E-state index is 0.165. The van der Waals surface area contributed by atoms with E-state index in [1.54, 1.807) is 0 Å². The topological polar surface area (TPSA) is 42.3 Å². The van der Waals surface area contributed by atoms with Gasteiger partial charge in [0.05, 0.1) is 18.9 Å². The number of rotatable bonds is 6. The van der Waals surface area contributed by atoms with E-state index in [4.69, 9.17) is 4.74 Å². The van der Waals surface area contributed by atoms with Gasteiger partial charge in [-0.15, -0.1) is 0 Å². The number of hydrogen-bond donors (Lipinski definition) is 1. The summed E-state index contributed by atoms with van der Waals surface area (Å²) in [5.41, 5.74) is 2.68. The third kappa shape index (κ3) is 3.81. The SMILES string of the molecule is CCc1nn(C)cc1CNCC(C)(C)N1CCOCC1. The number of ether oxygens (including phenoxy) is 1. The van der Waals surface area contributed by atoms with Crippen LogP contribution >= 0.6 is 0 Å². The molecule has 1 aliphatic rings. The van der Waals surface area contributed by atoms with Crippen molar-refractivity contribution in [2.75, 3.05) is 32.8 Å². The van der Waals surface area contributed by atoms with Crippen LogP contribution in [0, 0.1) is 0 Å². The summed E-state index contributed by atoms with van der Waals surface area (Å²) in [6.07, 6.45) is 3.11. The predicted octanol–water partition coefficient (Wildman–Crippen LogP) is 1.18. The van der Waals surface area contributed by atoms with Crippen LogP contribution in [-0.2, 0) is 24.8 Å². The average molecular weight is 280 g/mol. The third-order valence-corrected chi connectivity index (χ3v) is 4.07. The van der Waals surface area contributed by atoms with Gasteiger partial charge in [0.25, 0.3) is 0 Å². The fraction of sp³-hybridized carbons (Fsp3) is 0.800. The van der Waals surface area contributed by atoms with Gasteiger partial charge in [0.15, 0.2) is 0 Å². The van der Waals surface area contributed by atoms with Gasteiger partial charge in [-0.3, -0.25) is 9.58 Å². The highest BCUT2D eigenvalue weighted by Gasteiger charge is 2.27. The highest BCUT2D eigenvalue weighted by Crippen LogP contribution is 2.15. The normalized spacial score (nSPS) is 17.6. The molecular formula is C15H28N4O. The Morgan fingerprint density at radius 1 is 1.35 bits per heavy atom. The van der Waals surface area contributed by atoms with Crippen molar-refractivity contribution in [1.82, 2.24) is 20.0 Å². The summed E-state index contributed by atoms with van der Waals surface area (Å²) in [6.45, 7) is 12.4. The Balaban J connectivity index is 1.84. The van der Waals surface area contributed by atoms with E-state index in [1.165, 1.54) is 11.3 Å². The summed E-state index contributed by atoms with van der Waals surface area (Å²) in [5.74, 6) is 0. The van der Waals surface area contributed by atoms with Crippen molar-refractivity contribution in [3.8, 4) is 0 Å². The molecule has 1 saturated heterocycles. The molecule has 0 spiro atoms. The minimum absolute atomic E-state index is 0.165. The number of nitrogens with zero attached hydrogens (tertiary/aromatic N) is 3. The van der Waals surface area contributed by atoms with Crippen LogP contribution in [0.3, 0.4) is 0 Å². The van der Waals surface area contributed by atoms with Gasteiger partial charge in [0.2, 0.25) is 0 Å². The quantitative estimate of drug-likeness (QED) is 0.850. The smallest absolute Gasteiger partial charge is 0.0666 e. The second-order valence-corrected chi connectivity index (χ2v) is 6.14. The molecule has 1 aromatic heterocycles. The maximum Gasteiger partial charge on any atom is 0.0666 e. The average Bonchev–Trinajstić information content (AvgIpc) is 2.80. The van der Waals surface area contributed by atoms with Crippen molar-refractivity contribution in [2.45, 2.75) is 39.3 Å². The number of nitrogens with one attached hydrogen (secondary N) is 1. The van der Waals surface area contributed by atoms with Gasteiger partial charge in [-0.05, 0) is 20.3 Å². The number of hydrogen-bond acceptors (Lipinski definition) is 4. The maximum absolute atomic E-state index is 5.43. The molecule has 0 amide bonds. The molecule has 0 aliphatic carbocycles. The van der Waals surface area contributed by atoms with E-state index < -0.39 is 0 Å². The molecule has 5 nitrogen and oxygen atoms in total. The molecule has 2 rings (SSSR count). The molecule has 114 valence electrons. The van der Waals surface area contributed by atoms with E-state index >= 15 is 0 Å². The van der Waals surface area contributed by atoms with E-state index in [1.807, 2.05) is 11.7 Å². The number of aromatic nitrogens is 2. The monoisotopic (exact) mass is 280 g/mol. The Morgan fingerprint density at radius 3 is 2.70 bits per heavy atom. The number of aryl methyl sites for hydroxylation is 2. The minimum Gasteiger partial charge on any atom is -0.379 e. The van der Waals surface area contributed by atoms with Crippen LogP contribution in [-0.4, -0.2) is 53.1 Å². The molecule has 20 heavy (non-hydrogen) atoms. The lowest BCUT2D eigenvalue weighted by Gasteiger charge is -2.41. The van der Waals surface area contributed by atoms with E-state index in [0.717, 1.165) is 45.8 Å². The maximum atomic E-state index is 5.43. The third-order valence-electron chi connectivity index (χ3n) is 4.07. The highest BCUT2D eigenvalue weighted by atomic mass is 16.5. The van der Waals surface area contributed by atoms with Crippen molar-refractivity contribution in [2.24, 2.45) is 7.05 Å². The van der Waals surface area contributed by atoms with E-state index in [-0.39, 0.29) is 5.54 Å². The molecule has 0 radical (unpaired) electrons. The molecule has 1 N–H and O–H groups in total. The predicted molar refractivity (Wildman–Crippen MR) is 80.8 cm³/mol. The largest absolute Gasteiger partial charge is 0.379 e. The lowest BCUT2D eigenvalue weighted by molar-refractivity contribution is -0.00967. The molecule has 0 bridgehead atoms. The summed E-state index contributed by atoms with van der Waals surface area (Å²) in [5, 5.41) is 8.08. The first-order valence-corrected chi connectivity index (χ1v) is 7.58. The molecule has 0 unspecified atom stereocenters. The molecule has 1 fully saturated rings. The molecule has 5 heteroatoms. The summed E-state index contributed by atoms with van der Waals surface area (Å²) < 4.78 is 7.33. The van der Waals surface area contributed by atoms with Gasteiger partial charge in [-0.25, -0.2) is 0 Å². The fourth-order valence-corrected chi connectivity index (χ4v) is 2.81. The lowest BCUT2D eigenvalue weighted by atomic mass is 10.0. The Hall–Kier alpha value is -0.910. The van der Waals surface area contributed by atoms with Gasteiger partial charge >= 0.3 is 0 Å². The van der Waals surface area contributed by atoms with Crippen molar-refractivity contribution in [1.29, 1.82) is 0 Å². The summed E-state index contributed by atoms with van der Waals surface area (Å²) in [7, 11) is 1.99. The van der Waals surface area contributed by atoms with E-state index in [0.29, 0.717) is 0 Å². The Kier molecular flexibility index (Phi) is 5.18. The zero-order chi connectivity index (χ0) is 14.6. The van der Waals surface area contributed by atoms with Crippen molar-refractivity contribution in [3.05, 3.63) is 17.5 Å². The molecule has 1 aliphatic heterocycles. The lowest BCUT2D eigenvalue weighted by Crippen LogP contribution is -2.54. The number of morpholine rings is 1. The first-order chi connectivity index (χ1) is 9.53. The van der Waals surface area contributed by atoms with E-state index in [9.17, 15) is 0 Å².